The van der Waals surface area contributed by atoms with Gasteiger partial charge in [0, 0.05) is 19.8 Å². The Labute approximate surface area is 91.1 Å². The van der Waals surface area contributed by atoms with E-state index in [9.17, 15) is 13.2 Å². The number of thiazole rings is 1. The first-order chi connectivity index (χ1) is 7.47. The quantitative estimate of drug-likeness (QED) is 0.746. The van der Waals surface area contributed by atoms with Gasteiger partial charge in [-0.3, -0.25) is 0 Å². The molecule has 0 aromatic carbocycles. The van der Waals surface area contributed by atoms with Crippen molar-refractivity contribution >= 4 is 16.5 Å². The molecule has 1 aliphatic rings. The Hall–Kier alpha value is -0.780. The van der Waals surface area contributed by atoms with E-state index in [0.29, 0.717) is 18.2 Å². The lowest BCUT2D eigenvalue weighted by Gasteiger charge is -2.25. The zero-order chi connectivity index (χ0) is 11.8. The van der Waals surface area contributed by atoms with Gasteiger partial charge in [0.1, 0.15) is 0 Å². The first-order valence-electron chi connectivity index (χ1n) is 5.24. The fourth-order valence-electron chi connectivity index (χ4n) is 1.48. The minimum atomic E-state index is -4.37. The molecule has 2 nitrogen and oxygen atoms in total. The highest BCUT2D eigenvalue weighted by Crippen LogP contribution is 2.33. The van der Waals surface area contributed by atoms with E-state index in [-0.39, 0.29) is 6.40 Å². The van der Waals surface area contributed by atoms with Gasteiger partial charge in [0.05, 0.1) is 0 Å². The molecule has 1 fully saturated rings. The maximum atomic E-state index is 12.3. The van der Waals surface area contributed by atoms with Gasteiger partial charge in [0.2, 0.25) is 0 Å². The van der Waals surface area contributed by atoms with E-state index < -0.39 is 11.9 Å². The Bertz CT molecular complexity index is 366. The second-order valence-corrected chi connectivity index (χ2v) is 4.23. The third-order valence-corrected chi connectivity index (χ3v) is 3.14. The smallest absolute Gasteiger partial charge is 0.348 e. The number of halogens is 3. The summed E-state index contributed by atoms with van der Waals surface area (Å²) in [6.45, 7) is 1.17. The average molecular weight is 237 g/mol. The Balaban J connectivity index is 2.12. The largest absolute Gasteiger partial charge is 0.434 e. The van der Waals surface area contributed by atoms with Crippen LogP contribution in [0, 0.1) is 0 Å². The number of hydrogen-bond donors (Lipinski definition) is 0. The standard InChI is InChI=1S/C9H11F3N2S/c10-9(11,12)7-6-15-8(13-7)14-4-2-1-3-5-14/h6H,1-5H2/i2D/t2-/m0/s1. The molecule has 2 rings (SSSR count). The second-order valence-electron chi connectivity index (χ2n) is 3.39. The molecular formula is C9H11F3N2S. The Morgan fingerprint density at radius 3 is 2.80 bits per heavy atom. The molecule has 0 saturated carbocycles. The first-order valence-corrected chi connectivity index (χ1v) is 5.54. The molecular weight excluding hydrogens is 225 g/mol. The Morgan fingerprint density at radius 2 is 2.20 bits per heavy atom. The molecule has 0 amide bonds. The van der Waals surface area contributed by atoms with Crippen LogP contribution < -0.4 is 4.90 Å². The molecule has 1 aromatic rings. The lowest BCUT2D eigenvalue weighted by Crippen LogP contribution is -2.29. The summed E-state index contributed by atoms with van der Waals surface area (Å²) in [5.41, 5.74) is -0.834. The predicted molar refractivity (Wildman–Crippen MR) is 53.2 cm³/mol. The van der Waals surface area contributed by atoms with Crippen molar-refractivity contribution in [2.45, 2.75) is 25.4 Å². The fraction of sp³-hybridized carbons (Fsp3) is 0.667. The third kappa shape index (κ3) is 2.42. The molecule has 1 atom stereocenters. The summed E-state index contributed by atoms with van der Waals surface area (Å²) in [5, 5.41) is 1.41. The lowest BCUT2D eigenvalue weighted by molar-refractivity contribution is -0.140. The highest BCUT2D eigenvalue weighted by Gasteiger charge is 2.34. The molecule has 2 heterocycles. The number of alkyl halides is 3. The van der Waals surface area contributed by atoms with Crippen LogP contribution in [0.2, 0.25) is 0 Å². The molecule has 0 bridgehead atoms. The van der Waals surface area contributed by atoms with E-state index in [1.54, 1.807) is 4.90 Å². The maximum Gasteiger partial charge on any atom is 0.434 e. The highest BCUT2D eigenvalue weighted by atomic mass is 32.1. The zero-order valence-electron chi connectivity index (χ0n) is 8.92. The number of nitrogens with zero attached hydrogens (tertiary/aromatic N) is 2. The van der Waals surface area contributed by atoms with Crippen molar-refractivity contribution in [3.63, 3.8) is 0 Å². The van der Waals surface area contributed by atoms with Crippen molar-refractivity contribution in [2.24, 2.45) is 0 Å². The summed E-state index contributed by atoms with van der Waals surface area (Å²) in [4.78, 5) is 5.34. The summed E-state index contributed by atoms with van der Waals surface area (Å²) < 4.78 is 44.6. The van der Waals surface area contributed by atoms with Gasteiger partial charge in [0.15, 0.2) is 10.8 Å². The minimum Gasteiger partial charge on any atom is -0.348 e. The monoisotopic (exact) mass is 237 g/mol. The Kier molecular flexibility index (Phi) is 2.52. The molecule has 6 heteroatoms. The summed E-state index contributed by atoms with van der Waals surface area (Å²) in [6, 6.07) is 0. The first kappa shape index (κ1) is 9.45. The lowest BCUT2D eigenvalue weighted by atomic mass is 10.1. The van der Waals surface area contributed by atoms with Crippen LogP contribution in [0.5, 0.6) is 0 Å². The predicted octanol–water partition coefficient (Wildman–Crippen LogP) is 3.15. The van der Waals surface area contributed by atoms with E-state index in [2.05, 4.69) is 4.98 Å². The molecule has 1 aromatic heterocycles. The summed E-state index contributed by atoms with van der Waals surface area (Å²) in [7, 11) is 0. The van der Waals surface area contributed by atoms with Crippen molar-refractivity contribution in [2.75, 3.05) is 18.0 Å². The third-order valence-electron chi connectivity index (χ3n) is 2.24. The molecule has 0 spiro atoms. The van der Waals surface area contributed by atoms with Gasteiger partial charge in [-0.2, -0.15) is 13.2 Å². The van der Waals surface area contributed by atoms with Gasteiger partial charge in [-0.1, -0.05) is 0 Å². The maximum absolute atomic E-state index is 12.3. The van der Waals surface area contributed by atoms with Crippen molar-refractivity contribution in [3.8, 4) is 0 Å². The van der Waals surface area contributed by atoms with E-state index >= 15 is 0 Å². The number of hydrogen-bond acceptors (Lipinski definition) is 3. The second kappa shape index (κ2) is 4.00. The van der Waals surface area contributed by atoms with Gasteiger partial charge in [0.25, 0.3) is 0 Å². The van der Waals surface area contributed by atoms with Gasteiger partial charge in [-0.05, 0) is 19.2 Å². The topological polar surface area (TPSA) is 16.1 Å². The number of aromatic nitrogens is 1. The minimum absolute atomic E-state index is 0.216. The van der Waals surface area contributed by atoms with Crippen molar-refractivity contribution in [1.29, 1.82) is 0 Å². The van der Waals surface area contributed by atoms with Crippen LogP contribution in [-0.4, -0.2) is 18.1 Å². The molecule has 0 unspecified atom stereocenters. The van der Waals surface area contributed by atoms with Crippen molar-refractivity contribution in [3.05, 3.63) is 11.1 Å². The number of rotatable bonds is 1. The van der Waals surface area contributed by atoms with Crippen LogP contribution in [0.15, 0.2) is 5.38 Å². The fourth-order valence-corrected chi connectivity index (χ4v) is 2.35. The number of piperidine rings is 1. The van der Waals surface area contributed by atoms with Gasteiger partial charge in [-0.25, -0.2) is 4.98 Å². The van der Waals surface area contributed by atoms with Crippen LogP contribution in [0.25, 0.3) is 0 Å². The molecule has 0 aliphatic carbocycles. The van der Waals surface area contributed by atoms with Crippen LogP contribution in [0.1, 0.15) is 26.3 Å². The van der Waals surface area contributed by atoms with Crippen LogP contribution in [0.3, 0.4) is 0 Å². The normalized spacial score (nSPS) is 24.1. The summed E-state index contributed by atoms with van der Waals surface area (Å²) in [5.74, 6) is 0. The number of anilines is 1. The van der Waals surface area contributed by atoms with Crippen LogP contribution in [0.4, 0.5) is 18.3 Å². The SMILES string of the molecule is [2H][C@H]1CCCN(c2nc(C(F)(F)F)cs2)C1. The molecule has 1 aliphatic heterocycles. The van der Waals surface area contributed by atoms with Gasteiger partial charge >= 0.3 is 6.18 Å². The Morgan fingerprint density at radius 1 is 1.40 bits per heavy atom. The molecule has 15 heavy (non-hydrogen) atoms. The highest BCUT2D eigenvalue weighted by molar-refractivity contribution is 7.13. The average Bonchev–Trinajstić information content (AvgIpc) is 2.65. The van der Waals surface area contributed by atoms with E-state index in [4.69, 9.17) is 1.37 Å². The van der Waals surface area contributed by atoms with Crippen LogP contribution >= 0.6 is 11.3 Å². The van der Waals surface area contributed by atoms with Crippen molar-refractivity contribution in [1.82, 2.24) is 4.98 Å². The van der Waals surface area contributed by atoms with Crippen LogP contribution in [-0.2, 0) is 6.18 Å². The molecule has 0 radical (unpaired) electrons. The molecule has 0 N–H and O–H groups in total. The van der Waals surface area contributed by atoms with E-state index in [1.807, 2.05) is 0 Å². The van der Waals surface area contributed by atoms with Gasteiger partial charge < -0.3 is 4.90 Å². The van der Waals surface area contributed by atoms with Crippen molar-refractivity contribution < 1.29 is 14.5 Å². The van der Waals surface area contributed by atoms with E-state index in [0.717, 1.165) is 29.6 Å². The molecule has 84 valence electrons. The van der Waals surface area contributed by atoms with E-state index in [1.165, 1.54) is 0 Å². The summed E-state index contributed by atoms with van der Waals surface area (Å²) >= 11 is 0.996. The zero-order valence-corrected chi connectivity index (χ0v) is 8.74. The summed E-state index contributed by atoms with van der Waals surface area (Å²) in [6.07, 6.45) is -2.93. The molecule has 1 saturated heterocycles. The van der Waals surface area contributed by atoms with Gasteiger partial charge in [-0.15, -0.1) is 11.3 Å².